The molecular weight excluding hydrogens is 207 g/mol. The Morgan fingerprint density at radius 2 is 2.25 bits per heavy atom. The van der Waals surface area contributed by atoms with Crippen molar-refractivity contribution in [3.8, 4) is 0 Å². The van der Waals surface area contributed by atoms with Crippen LogP contribution >= 0.6 is 0 Å². The van der Waals surface area contributed by atoms with E-state index in [1.165, 1.54) is 12.3 Å². The molecule has 0 spiro atoms. The zero-order valence-corrected chi connectivity index (χ0v) is 10.1. The van der Waals surface area contributed by atoms with E-state index in [0.29, 0.717) is 17.3 Å². The average molecular weight is 226 g/mol. The molecule has 0 aliphatic rings. The molecule has 1 heterocycles. The fraction of sp³-hybridized carbons (Fsp3) is 0.583. The fourth-order valence-corrected chi connectivity index (χ4v) is 1.54. The first-order valence-corrected chi connectivity index (χ1v) is 5.55. The van der Waals surface area contributed by atoms with Crippen LogP contribution in [0.15, 0.2) is 12.3 Å². The third-order valence-electron chi connectivity index (χ3n) is 2.77. The highest BCUT2D eigenvalue weighted by atomic mass is 19.1. The van der Waals surface area contributed by atoms with E-state index in [2.05, 4.69) is 18.8 Å². The summed E-state index contributed by atoms with van der Waals surface area (Å²) in [4.78, 5) is 5.81. The number of rotatable bonds is 5. The van der Waals surface area contributed by atoms with E-state index in [9.17, 15) is 4.39 Å². The molecular formula is C12H19FN2O. The van der Waals surface area contributed by atoms with Crippen molar-refractivity contribution in [3.05, 3.63) is 23.6 Å². The van der Waals surface area contributed by atoms with E-state index in [-0.39, 0.29) is 6.61 Å². The van der Waals surface area contributed by atoms with Gasteiger partial charge in [-0.3, -0.25) is 0 Å². The second kappa shape index (κ2) is 5.80. The molecule has 1 N–H and O–H groups in total. The molecule has 0 aliphatic carbocycles. The Hall–Kier alpha value is -1.16. The summed E-state index contributed by atoms with van der Waals surface area (Å²) in [6.45, 7) is 4.69. The maximum Gasteiger partial charge on any atom is 0.171 e. The zero-order valence-electron chi connectivity index (χ0n) is 10.1. The van der Waals surface area contributed by atoms with Crippen LogP contribution in [-0.4, -0.2) is 23.7 Å². The summed E-state index contributed by atoms with van der Waals surface area (Å²) in [5.74, 6) is 0.381. The average Bonchev–Trinajstić information content (AvgIpc) is 2.29. The van der Waals surface area contributed by atoms with Crippen molar-refractivity contribution >= 4 is 5.82 Å². The second-order valence-corrected chi connectivity index (χ2v) is 4.16. The van der Waals surface area contributed by atoms with Gasteiger partial charge < -0.3 is 10.0 Å². The lowest BCUT2D eigenvalue weighted by atomic mass is 10.1. The summed E-state index contributed by atoms with van der Waals surface area (Å²) in [5.41, 5.74) is 0.293. The van der Waals surface area contributed by atoms with E-state index < -0.39 is 5.82 Å². The van der Waals surface area contributed by atoms with E-state index >= 15 is 0 Å². The van der Waals surface area contributed by atoms with Crippen molar-refractivity contribution in [2.45, 2.75) is 26.9 Å². The highest BCUT2D eigenvalue weighted by Crippen LogP contribution is 2.19. The molecule has 0 saturated carbocycles. The molecule has 1 aromatic heterocycles. The monoisotopic (exact) mass is 226 g/mol. The summed E-state index contributed by atoms with van der Waals surface area (Å²) >= 11 is 0. The molecule has 0 fully saturated rings. The third-order valence-corrected chi connectivity index (χ3v) is 2.77. The molecule has 90 valence electrons. The van der Waals surface area contributed by atoms with Crippen LogP contribution in [0.3, 0.4) is 0 Å². The lowest BCUT2D eigenvalue weighted by molar-refractivity contribution is 0.275. The van der Waals surface area contributed by atoms with Crippen LogP contribution in [0, 0.1) is 11.7 Å². The topological polar surface area (TPSA) is 36.4 Å². The lowest BCUT2D eigenvalue weighted by Crippen LogP contribution is -2.25. The summed E-state index contributed by atoms with van der Waals surface area (Å²) < 4.78 is 13.8. The number of pyridine rings is 1. The number of halogens is 1. The molecule has 0 saturated heterocycles. The maximum absolute atomic E-state index is 13.8. The van der Waals surface area contributed by atoms with Crippen LogP contribution in [0.5, 0.6) is 0 Å². The van der Waals surface area contributed by atoms with Gasteiger partial charge in [0.05, 0.1) is 6.61 Å². The molecule has 16 heavy (non-hydrogen) atoms. The standard InChI is InChI=1S/C12H19FN2O/c1-4-9(2)7-15(3)12-11(13)10(8-16)5-6-14-12/h5-6,9,16H,4,7-8H2,1-3H3. The highest BCUT2D eigenvalue weighted by molar-refractivity contribution is 5.42. The fourth-order valence-electron chi connectivity index (χ4n) is 1.54. The molecule has 1 atom stereocenters. The van der Waals surface area contributed by atoms with Crippen molar-refractivity contribution in [1.29, 1.82) is 0 Å². The quantitative estimate of drug-likeness (QED) is 0.836. The minimum absolute atomic E-state index is 0.293. The minimum Gasteiger partial charge on any atom is -0.392 e. The summed E-state index contributed by atoms with van der Waals surface area (Å²) in [6, 6.07) is 1.50. The lowest BCUT2D eigenvalue weighted by Gasteiger charge is -2.22. The Balaban J connectivity index is 2.86. The molecule has 0 aliphatic heterocycles. The predicted octanol–water partition coefficient (Wildman–Crippen LogP) is 2.20. The Bertz CT molecular complexity index is 344. The van der Waals surface area contributed by atoms with Crippen molar-refractivity contribution < 1.29 is 9.50 Å². The van der Waals surface area contributed by atoms with Gasteiger partial charge in [-0.1, -0.05) is 20.3 Å². The Labute approximate surface area is 95.9 Å². The first-order chi connectivity index (χ1) is 7.60. The summed E-state index contributed by atoms with van der Waals surface area (Å²) in [7, 11) is 1.82. The van der Waals surface area contributed by atoms with E-state index in [1.54, 1.807) is 4.90 Å². The minimum atomic E-state index is -0.421. The first kappa shape index (κ1) is 12.9. The second-order valence-electron chi connectivity index (χ2n) is 4.16. The molecule has 1 unspecified atom stereocenters. The van der Waals surface area contributed by atoms with Gasteiger partial charge in [-0.15, -0.1) is 0 Å². The molecule has 0 amide bonds. The smallest absolute Gasteiger partial charge is 0.171 e. The van der Waals surface area contributed by atoms with Gasteiger partial charge in [0.25, 0.3) is 0 Å². The molecule has 1 rings (SSSR count). The van der Waals surface area contributed by atoms with E-state index in [1.807, 2.05) is 7.05 Å². The molecule has 0 bridgehead atoms. The summed E-state index contributed by atoms with van der Waals surface area (Å²) in [5, 5.41) is 8.97. The van der Waals surface area contributed by atoms with Crippen molar-refractivity contribution in [1.82, 2.24) is 4.98 Å². The number of hydrogen-bond donors (Lipinski definition) is 1. The van der Waals surface area contributed by atoms with Gasteiger partial charge in [-0.2, -0.15) is 0 Å². The highest BCUT2D eigenvalue weighted by Gasteiger charge is 2.14. The van der Waals surface area contributed by atoms with Gasteiger partial charge in [0.1, 0.15) is 0 Å². The van der Waals surface area contributed by atoms with Gasteiger partial charge in [0.15, 0.2) is 11.6 Å². The first-order valence-electron chi connectivity index (χ1n) is 5.55. The molecule has 4 heteroatoms. The number of aliphatic hydroxyl groups excluding tert-OH is 1. The van der Waals surface area contributed by atoms with Gasteiger partial charge in [-0.05, 0) is 12.0 Å². The molecule has 0 radical (unpaired) electrons. The van der Waals surface area contributed by atoms with Crippen molar-refractivity contribution in [3.63, 3.8) is 0 Å². The number of hydrogen-bond acceptors (Lipinski definition) is 3. The molecule has 3 nitrogen and oxygen atoms in total. The van der Waals surface area contributed by atoms with E-state index in [0.717, 1.165) is 13.0 Å². The number of nitrogens with zero attached hydrogens (tertiary/aromatic N) is 2. The van der Waals surface area contributed by atoms with Gasteiger partial charge in [0, 0.05) is 25.4 Å². The van der Waals surface area contributed by atoms with Gasteiger partial charge in [0.2, 0.25) is 0 Å². The van der Waals surface area contributed by atoms with Crippen LogP contribution in [0.25, 0.3) is 0 Å². The SMILES string of the molecule is CCC(C)CN(C)c1nccc(CO)c1F. The summed E-state index contributed by atoms with van der Waals surface area (Å²) in [6.07, 6.45) is 2.57. The Kier molecular flexibility index (Phi) is 4.68. The van der Waals surface area contributed by atoms with Crippen LogP contribution < -0.4 is 4.90 Å². The van der Waals surface area contributed by atoms with E-state index in [4.69, 9.17) is 5.11 Å². The van der Waals surface area contributed by atoms with Crippen LogP contribution in [-0.2, 0) is 6.61 Å². The normalized spacial score (nSPS) is 12.6. The Morgan fingerprint density at radius 3 is 2.81 bits per heavy atom. The van der Waals surface area contributed by atoms with Crippen LogP contribution in [0.1, 0.15) is 25.8 Å². The molecule has 0 aromatic carbocycles. The predicted molar refractivity (Wildman–Crippen MR) is 62.8 cm³/mol. The largest absolute Gasteiger partial charge is 0.392 e. The third kappa shape index (κ3) is 2.92. The van der Waals surface area contributed by atoms with Gasteiger partial charge >= 0.3 is 0 Å². The van der Waals surface area contributed by atoms with Crippen molar-refractivity contribution in [2.24, 2.45) is 5.92 Å². The molecule has 1 aromatic rings. The van der Waals surface area contributed by atoms with Crippen molar-refractivity contribution in [2.75, 3.05) is 18.5 Å². The van der Waals surface area contributed by atoms with Crippen LogP contribution in [0.4, 0.5) is 10.2 Å². The zero-order chi connectivity index (χ0) is 12.1. The van der Waals surface area contributed by atoms with Crippen LogP contribution in [0.2, 0.25) is 0 Å². The number of anilines is 1. The van der Waals surface area contributed by atoms with Gasteiger partial charge in [-0.25, -0.2) is 9.37 Å². The number of aliphatic hydroxyl groups is 1. The maximum atomic E-state index is 13.8. The number of aromatic nitrogens is 1. The Morgan fingerprint density at radius 1 is 1.56 bits per heavy atom.